The van der Waals surface area contributed by atoms with Crippen LogP contribution in [-0.2, 0) is 0 Å². The summed E-state index contributed by atoms with van der Waals surface area (Å²) in [6.45, 7) is 4.29. The van der Waals surface area contributed by atoms with Crippen molar-refractivity contribution < 1.29 is 9.90 Å². The van der Waals surface area contributed by atoms with Gasteiger partial charge in [-0.3, -0.25) is 23.7 Å². The van der Waals surface area contributed by atoms with Crippen LogP contribution < -0.4 is 16.6 Å². The Bertz CT molecular complexity index is 2200. The van der Waals surface area contributed by atoms with E-state index in [0.717, 1.165) is 18.7 Å². The number of nitrogens with two attached hydrogens (primary N) is 1. The van der Waals surface area contributed by atoms with Crippen molar-refractivity contribution in [2.75, 3.05) is 32.0 Å². The summed E-state index contributed by atoms with van der Waals surface area (Å²) in [5.41, 5.74) is 8.93. The van der Waals surface area contributed by atoms with E-state index in [1.165, 1.54) is 4.52 Å². The SMILES string of the molecule is C[C@@H](NC(=O)c1c(N)nn2cccnc12)c1cc2cccc(C#Cc3cnn(C4CN(CCO)C4)c3)c2c(=O)n1-c1ccccc1. The fourth-order valence-electron chi connectivity index (χ4n) is 5.89. The topological polar surface area (TPSA) is 149 Å². The summed E-state index contributed by atoms with van der Waals surface area (Å²) < 4.78 is 4.98. The van der Waals surface area contributed by atoms with Crippen molar-refractivity contribution in [3.05, 3.63) is 118 Å². The van der Waals surface area contributed by atoms with E-state index in [9.17, 15) is 9.59 Å². The van der Waals surface area contributed by atoms with Gasteiger partial charge in [0.1, 0.15) is 5.56 Å². The van der Waals surface area contributed by atoms with Crippen LogP contribution >= 0.6 is 0 Å². The number of anilines is 1. The summed E-state index contributed by atoms with van der Waals surface area (Å²) in [4.78, 5) is 34.3. The van der Waals surface area contributed by atoms with Crippen molar-refractivity contribution in [1.82, 2.24) is 39.2 Å². The van der Waals surface area contributed by atoms with Gasteiger partial charge in [0.15, 0.2) is 11.5 Å². The summed E-state index contributed by atoms with van der Waals surface area (Å²) in [7, 11) is 0. The molecule has 0 spiro atoms. The molecule has 0 radical (unpaired) electrons. The first-order chi connectivity index (χ1) is 22.4. The molecule has 2 aromatic carbocycles. The maximum absolute atomic E-state index is 14.4. The van der Waals surface area contributed by atoms with Crippen LogP contribution in [0.25, 0.3) is 22.1 Å². The Labute approximate surface area is 263 Å². The lowest BCUT2D eigenvalue weighted by atomic mass is 10.0. The van der Waals surface area contributed by atoms with E-state index in [2.05, 4.69) is 37.2 Å². The number of hydrogen-bond acceptors (Lipinski definition) is 8. The number of aromatic nitrogens is 6. The molecule has 1 aliphatic heterocycles. The van der Waals surface area contributed by atoms with E-state index in [1.807, 2.05) is 72.4 Å². The van der Waals surface area contributed by atoms with Crippen molar-refractivity contribution in [1.29, 1.82) is 0 Å². The lowest BCUT2D eigenvalue weighted by molar-refractivity contribution is 0.0774. The number of para-hydroxylation sites is 1. The smallest absolute Gasteiger partial charge is 0.264 e. The Balaban J connectivity index is 1.25. The molecule has 7 rings (SSSR count). The third-order valence-electron chi connectivity index (χ3n) is 8.20. The summed E-state index contributed by atoms with van der Waals surface area (Å²) in [5.74, 6) is 6.00. The van der Waals surface area contributed by atoms with Gasteiger partial charge >= 0.3 is 0 Å². The molecule has 46 heavy (non-hydrogen) atoms. The molecule has 4 N–H and O–H groups in total. The standard InChI is InChI=1S/C34H31N9O3/c1-22(38-33(45)30-31(35)39-41-14-6-13-36-32(30)41)28-17-25-8-5-7-24(29(25)34(46)43(28)26-9-3-2-4-10-26)12-11-23-18-37-42(19-23)27-20-40(21-27)15-16-44/h2-10,13-14,17-19,22,27,44H,15-16,20-21H2,1H3,(H2,35,39)(H,38,45)/t22-/m1/s1. The quantitative estimate of drug-likeness (QED) is 0.233. The summed E-state index contributed by atoms with van der Waals surface area (Å²) in [5, 5.41) is 22.0. The van der Waals surface area contributed by atoms with Crippen molar-refractivity contribution in [2.45, 2.75) is 19.0 Å². The number of benzene rings is 2. The third kappa shape index (κ3) is 5.27. The lowest BCUT2D eigenvalue weighted by Gasteiger charge is -2.38. The van der Waals surface area contributed by atoms with Crippen LogP contribution in [0, 0.1) is 11.8 Å². The van der Waals surface area contributed by atoms with Crippen LogP contribution in [-0.4, -0.2) is 71.1 Å². The van der Waals surface area contributed by atoms with E-state index >= 15 is 0 Å². The molecule has 1 atom stereocenters. The van der Waals surface area contributed by atoms with Crippen molar-refractivity contribution in [3.63, 3.8) is 0 Å². The number of nitrogens with one attached hydrogen (secondary N) is 1. The number of carbonyl (C=O) groups is 1. The van der Waals surface area contributed by atoms with Gasteiger partial charge in [-0.15, -0.1) is 5.10 Å². The van der Waals surface area contributed by atoms with Crippen LogP contribution in [0.2, 0.25) is 0 Å². The number of carbonyl (C=O) groups excluding carboxylic acids is 1. The molecular formula is C34H31N9O3. The van der Waals surface area contributed by atoms with Gasteiger partial charge in [-0.25, -0.2) is 9.50 Å². The Morgan fingerprint density at radius 2 is 1.96 bits per heavy atom. The Hall–Kier alpha value is -5.77. The van der Waals surface area contributed by atoms with E-state index < -0.39 is 11.9 Å². The number of amides is 1. The molecule has 0 bridgehead atoms. The Morgan fingerprint density at radius 3 is 2.76 bits per heavy atom. The summed E-state index contributed by atoms with van der Waals surface area (Å²) in [6, 6.07) is 18.1. The van der Waals surface area contributed by atoms with Gasteiger partial charge in [0, 0.05) is 55.2 Å². The molecule has 12 heteroatoms. The number of aliphatic hydroxyl groups is 1. The first-order valence-electron chi connectivity index (χ1n) is 14.9. The number of pyridine rings is 1. The molecule has 4 aromatic heterocycles. The number of aliphatic hydroxyl groups excluding tert-OH is 1. The van der Waals surface area contributed by atoms with Crippen molar-refractivity contribution >= 4 is 28.1 Å². The van der Waals surface area contributed by atoms with Crippen LogP contribution in [0.4, 0.5) is 5.82 Å². The number of hydrogen-bond donors (Lipinski definition) is 3. The molecule has 230 valence electrons. The maximum Gasteiger partial charge on any atom is 0.264 e. The monoisotopic (exact) mass is 613 g/mol. The zero-order chi connectivity index (χ0) is 31.8. The van der Waals surface area contributed by atoms with E-state index in [0.29, 0.717) is 39.9 Å². The minimum Gasteiger partial charge on any atom is -0.395 e. The number of fused-ring (bicyclic) bond motifs is 2. The molecule has 1 fully saturated rings. The number of β-amino-alcohol motifs (C(OH)–C–C–N with tert-alkyl or cyclic N) is 1. The van der Waals surface area contributed by atoms with E-state index in [4.69, 9.17) is 10.8 Å². The molecule has 1 aliphatic rings. The molecule has 0 aliphatic carbocycles. The van der Waals surface area contributed by atoms with Gasteiger partial charge in [-0.1, -0.05) is 42.2 Å². The summed E-state index contributed by atoms with van der Waals surface area (Å²) >= 11 is 0. The average Bonchev–Trinajstić information content (AvgIpc) is 3.65. The predicted molar refractivity (Wildman–Crippen MR) is 174 cm³/mol. The zero-order valence-electron chi connectivity index (χ0n) is 25.0. The second kappa shape index (κ2) is 12.0. The fraction of sp³-hybridized carbons (Fsp3) is 0.206. The second-order valence-electron chi connectivity index (χ2n) is 11.3. The summed E-state index contributed by atoms with van der Waals surface area (Å²) in [6.07, 6.45) is 6.88. The number of rotatable bonds is 7. The molecule has 1 saturated heterocycles. The minimum absolute atomic E-state index is 0.0625. The van der Waals surface area contributed by atoms with Crippen LogP contribution in [0.15, 0.2) is 90.2 Å². The molecule has 0 saturated carbocycles. The van der Waals surface area contributed by atoms with Gasteiger partial charge in [-0.05, 0) is 42.6 Å². The van der Waals surface area contributed by atoms with Gasteiger partial charge in [-0.2, -0.15) is 5.10 Å². The second-order valence-corrected chi connectivity index (χ2v) is 11.3. The lowest BCUT2D eigenvalue weighted by Crippen LogP contribution is -2.48. The predicted octanol–water partition coefficient (Wildman–Crippen LogP) is 2.55. The highest BCUT2D eigenvalue weighted by Crippen LogP contribution is 2.25. The van der Waals surface area contributed by atoms with Gasteiger partial charge in [0.2, 0.25) is 0 Å². The highest BCUT2D eigenvalue weighted by atomic mass is 16.3. The molecular weight excluding hydrogens is 582 g/mol. The zero-order valence-corrected chi connectivity index (χ0v) is 25.0. The van der Waals surface area contributed by atoms with Crippen LogP contribution in [0.3, 0.4) is 0 Å². The average molecular weight is 614 g/mol. The number of likely N-dealkylation sites (tertiary alicyclic amines) is 1. The van der Waals surface area contributed by atoms with Crippen molar-refractivity contribution in [2.24, 2.45) is 0 Å². The first kappa shape index (κ1) is 29.0. The molecule has 0 unspecified atom stereocenters. The van der Waals surface area contributed by atoms with E-state index in [1.54, 1.807) is 29.2 Å². The largest absolute Gasteiger partial charge is 0.395 e. The molecule has 1 amide bonds. The molecule has 6 aromatic rings. The molecule has 12 nitrogen and oxygen atoms in total. The molecule has 5 heterocycles. The maximum atomic E-state index is 14.4. The Kier molecular flexibility index (Phi) is 7.53. The van der Waals surface area contributed by atoms with Crippen LogP contribution in [0.5, 0.6) is 0 Å². The fourth-order valence-corrected chi connectivity index (χ4v) is 5.89. The van der Waals surface area contributed by atoms with Crippen LogP contribution in [0.1, 0.15) is 46.2 Å². The van der Waals surface area contributed by atoms with Crippen molar-refractivity contribution in [3.8, 4) is 17.5 Å². The number of nitrogen functional groups attached to an aromatic ring is 1. The van der Waals surface area contributed by atoms with Gasteiger partial charge < -0.3 is 16.2 Å². The first-order valence-corrected chi connectivity index (χ1v) is 14.9. The minimum atomic E-state index is -0.594. The Morgan fingerprint density at radius 1 is 1.13 bits per heavy atom. The van der Waals surface area contributed by atoms with Gasteiger partial charge in [0.05, 0.1) is 35.8 Å². The highest BCUT2D eigenvalue weighted by molar-refractivity contribution is 6.04. The highest BCUT2D eigenvalue weighted by Gasteiger charge is 2.28. The third-order valence-corrected chi connectivity index (χ3v) is 8.20. The van der Waals surface area contributed by atoms with E-state index in [-0.39, 0.29) is 29.6 Å². The normalized spacial score (nSPS) is 14.1. The van der Waals surface area contributed by atoms with Gasteiger partial charge in [0.25, 0.3) is 11.5 Å². The number of nitrogens with zero attached hydrogens (tertiary/aromatic N) is 7.